The minimum absolute atomic E-state index is 0.0237. The lowest BCUT2D eigenvalue weighted by Gasteiger charge is -2.62. The summed E-state index contributed by atoms with van der Waals surface area (Å²) in [4.78, 5) is 46.3. The Labute approximate surface area is 204 Å². The van der Waals surface area contributed by atoms with Crippen molar-refractivity contribution >= 4 is 17.7 Å². The smallest absolute Gasteiger partial charge is 0.255 e. The lowest BCUT2D eigenvalue weighted by Crippen LogP contribution is -2.78. The highest BCUT2D eigenvalue weighted by Gasteiger charge is 2.62. The average molecular weight is 473 g/mol. The molecule has 5 rings (SSSR count). The van der Waals surface area contributed by atoms with E-state index < -0.39 is 11.5 Å². The second kappa shape index (κ2) is 8.82. The second-order valence-electron chi connectivity index (χ2n) is 9.68. The number of hydrogen-bond acceptors (Lipinski definition) is 5. The summed E-state index contributed by atoms with van der Waals surface area (Å²) < 4.78 is 5.46. The van der Waals surface area contributed by atoms with Gasteiger partial charge in [-0.15, -0.1) is 0 Å². The molecule has 2 saturated heterocycles. The Morgan fingerprint density at radius 1 is 1.03 bits per heavy atom. The maximum absolute atomic E-state index is 14.0. The van der Waals surface area contributed by atoms with Crippen molar-refractivity contribution in [3.63, 3.8) is 0 Å². The first-order valence-corrected chi connectivity index (χ1v) is 12.0. The minimum Gasteiger partial charge on any atom is -0.378 e. The second-order valence-corrected chi connectivity index (χ2v) is 9.68. The van der Waals surface area contributed by atoms with Crippen molar-refractivity contribution < 1.29 is 19.1 Å². The lowest BCUT2D eigenvalue weighted by molar-refractivity contribution is -0.146. The zero-order valence-electron chi connectivity index (χ0n) is 19.9. The van der Waals surface area contributed by atoms with Gasteiger partial charge in [0.25, 0.3) is 11.8 Å². The van der Waals surface area contributed by atoms with Gasteiger partial charge in [0.1, 0.15) is 0 Å². The number of amides is 3. The first kappa shape index (κ1) is 23.1. The van der Waals surface area contributed by atoms with Gasteiger partial charge in [-0.2, -0.15) is 5.26 Å². The van der Waals surface area contributed by atoms with Crippen LogP contribution in [0.15, 0.2) is 48.5 Å². The molecule has 1 atom stereocenters. The number of nitrogens with zero attached hydrogens (tertiary/aromatic N) is 4. The number of rotatable bonds is 3. The summed E-state index contributed by atoms with van der Waals surface area (Å²) >= 11 is 0. The van der Waals surface area contributed by atoms with Crippen LogP contribution in [0.4, 0.5) is 0 Å². The normalized spacial score (nSPS) is 20.9. The minimum atomic E-state index is -0.822. The van der Waals surface area contributed by atoms with E-state index in [9.17, 15) is 14.4 Å². The highest BCUT2D eigenvalue weighted by molar-refractivity contribution is 6.03. The number of nitriles is 1. The fraction of sp³-hybridized carbons (Fsp3) is 0.407. The lowest BCUT2D eigenvalue weighted by atomic mass is 9.67. The summed E-state index contributed by atoms with van der Waals surface area (Å²) in [5, 5.41) is 9.05. The zero-order valence-corrected chi connectivity index (χ0v) is 19.9. The number of ether oxygens (including phenoxy) is 1. The van der Waals surface area contributed by atoms with Crippen LogP contribution in [0, 0.1) is 11.3 Å². The molecule has 2 aromatic rings. The van der Waals surface area contributed by atoms with E-state index in [2.05, 4.69) is 6.07 Å². The number of likely N-dealkylation sites (tertiary alicyclic amines) is 1. The van der Waals surface area contributed by atoms with Gasteiger partial charge in [-0.1, -0.05) is 18.2 Å². The summed E-state index contributed by atoms with van der Waals surface area (Å²) in [6.07, 6.45) is 0. The Morgan fingerprint density at radius 3 is 2.31 bits per heavy atom. The van der Waals surface area contributed by atoms with E-state index in [0.29, 0.717) is 43.0 Å². The van der Waals surface area contributed by atoms with E-state index in [1.807, 2.05) is 41.8 Å². The highest BCUT2D eigenvalue weighted by atomic mass is 16.5. The number of morpholine rings is 1. The van der Waals surface area contributed by atoms with Gasteiger partial charge in [-0.05, 0) is 49.7 Å². The van der Waals surface area contributed by atoms with Crippen molar-refractivity contribution in [3.8, 4) is 6.07 Å². The summed E-state index contributed by atoms with van der Waals surface area (Å²) in [7, 11) is 0. The monoisotopic (exact) mass is 472 g/mol. The predicted molar refractivity (Wildman–Crippen MR) is 128 cm³/mol. The zero-order chi connectivity index (χ0) is 24.7. The standard InChI is InChI=1S/C27H28N4O4/c1-18(2)31-25(33)22-6-4-3-5-21(22)23(26(34)29-11-13-35-14-12-29)27(31)16-30(17-27)24(32)20-9-7-19(15-28)8-10-20/h3-10,18,23H,11-14,16-17H2,1-2H3. The molecule has 2 aromatic carbocycles. The largest absolute Gasteiger partial charge is 0.378 e. The molecule has 1 spiro atoms. The summed E-state index contributed by atoms with van der Waals surface area (Å²) in [5.74, 6) is -0.869. The topological polar surface area (TPSA) is 94.0 Å². The van der Waals surface area contributed by atoms with Crippen molar-refractivity contribution in [1.29, 1.82) is 5.26 Å². The van der Waals surface area contributed by atoms with Crippen molar-refractivity contribution in [2.75, 3.05) is 39.4 Å². The molecule has 8 heteroatoms. The number of carbonyl (C=O) groups is 3. The Morgan fingerprint density at radius 2 is 1.69 bits per heavy atom. The van der Waals surface area contributed by atoms with Crippen LogP contribution in [0.3, 0.4) is 0 Å². The summed E-state index contributed by atoms with van der Waals surface area (Å²) in [6.45, 7) is 6.44. The van der Waals surface area contributed by atoms with Gasteiger partial charge in [-0.25, -0.2) is 0 Å². The Balaban J connectivity index is 1.53. The van der Waals surface area contributed by atoms with E-state index in [1.54, 1.807) is 35.2 Å². The van der Waals surface area contributed by atoms with Gasteiger partial charge in [0, 0.05) is 43.3 Å². The molecule has 0 aromatic heterocycles. The molecule has 3 heterocycles. The predicted octanol–water partition coefficient (Wildman–Crippen LogP) is 2.26. The van der Waals surface area contributed by atoms with E-state index >= 15 is 0 Å². The molecule has 1 unspecified atom stereocenters. The SMILES string of the molecule is CC(C)N1C(=O)c2ccccc2C(C(=O)N2CCOCC2)C12CN(C(=O)c1ccc(C#N)cc1)C2. The molecule has 3 aliphatic rings. The fourth-order valence-electron chi connectivity index (χ4n) is 5.75. The van der Waals surface area contributed by atoms with Crippen LogP contribution in [0.5, 0.6) is 0 Å². The first-order chi connectivity index (χ1) is 16.9. The van der Waals surface area contributed by atoms with Crippen molar-refractivity contribution in [1.82, 2.24) is 14.7 Å². The molecule has 0 bridgehead atoms. The van der Waals surface area contributed by atoms with Gasteiger partial charge < -0.3 is 19.4 Å². The van der Waals surface area contributed by atoms with Gasteiger partial charge in [0.15, 0.2) is 0 Å². The molecule has 0 N–H and O–H groups in total. The molecule has 35 heavy (non-hydrogen) atoms. The molecule has 180 valence electrons. The van der Waals surface area contributed by atoms with Crippen LogP contribution in [0.25, 0.3) is 0 Å². The highest BCUT2D eigenvalue weighted by Crippen LogP contribution is 2.48. The van der Waals surface area contributed by atoms with E-state index in [-0.39, 0.29) is 36.9 Å². The van der Waals surface area contributed by atoms with Gasteiger partial charge in [0.2, 0.25) is 5.91 Å². The third-order valence-corrected chi connectivity index (χ3v) is 7.30. The summed E-state index contributed by atoms with van der Waals surface area (Å²) in [5.41, 5.74) is 1.43. The van der Waals surface area contributed by atoms with E-state index in [4.69, 9.17) is 10.00 Å². The molecule has 0 radical (unpaired) electrons. The number of carbonyl (C=O) groups excluding carboxylic acids is 3. The Hall–Kier alpha value is -3.70. The Kier molecular flexibility index (Phi) is 5.81. The molecule has 3 aliphatic heterocycles. The molecule has 8 nitrogen and oxygen atoms in total. The number of hydrogen-bond donors (Lipinski definition) is 0. The molecule has 0 saturated carbocycles. The first-order valence-electron chi connectivity index (χ1n) is 12.0. The third-order valence-electron chi connectivity index (χ3n) is 7.30. The molecule has 2 fully saturated rings. The molecule has 0 aliphatic carbocycles. The van der Waals surface area contributed by atoms with Crippen molar-refractivity contribution in [3.05, 3.63) is 70.8 Å². The van der Waals surface area contributed by atoms with E-state index in [1.165, 1.54) is 0 Å². The van der Waals surface area contributed by atoms with E-state index in [0.717, 1.165) is 5.56 Å². The van der Waals surface area contributed by atoms with Crippen LogP contribution in [-0.4, -0.2) is 83.4 Å². The number of benzene rings is 2. The fourth-order valence-corrected chi connectivity index (χ4v) is 5.75. The third kappa shape index (κ3) is 3.67. The van der Waals surface area contributed by atoms with Crippen LogP contribution in [0.1, 0.15) is 51.6 Å². The van der Waals surface area contributed by atoms with Gasteiger partial charge in [0.05, 0.1) is 36.3 Å². The molecular weight excluding hydrogens is 444 g/mol. The molecule has 3 amide bonds. The van der Waals surface area contributed by atoms with Gasteiger partial charge in [-0.3, -0.25) is 14.4 Å². The Bertz CT molecular complexity index is 1200. The maximum atomic E-state index is 14.0. The van der Waals surface area contributed by atoms with Crippen LogP contribution >= 0.6 is 0 Å². The van der Waals surface area contributed by atoms with Crippen molar-refractivity contribution in [2.45, 2.75) is 31.3 Å². The van der Waals surface area contributed by atoms with Gasteiger partial charge >= 0.3 is 0 Å². The summed E-state index contributed by atoms with van der Waals surface area (Å²) in [6, 6.07) is 15.8. The molecular formula is C27H28N4O4. The van der Waals surface area contributed by atoms with Crippen LogP contribution < -0.4 is 0 Å². The van der Waals surface area contributed by atoms with Crippen molar-refractivity contribution in [2.24, 2.45) is 0 Å². The quantitative estimate of drug-likeness (QED) is 0.683. The maximum Gasteiger partial charge on any atom is 0.255 e. The van der Waals surface area contributed by atoms with Crippen LogP contribution in [-0.2, 0) is 9.53 Å². The number of fused-ring (bicyclic) bond motifs is 1. The average Bonchev–Trinajstić information content (AvgIpc) is 2.86. The van der Waals surface area contributed by atoms with Crippen LogP contribution in [0.2, 0.25) is 0 Å².